The third-order valence-electron chi connectivity index (χ3n) is 3.48. The maximum atomic E-state index is 3.37. The fourth-order valence-corrected chi connectivity index (χ4v) is 2.50. The van der Waals surface area contributed by atoms with E-state index in [2.05, 4.69) is 43.0 Å². The topological polar surface area (TPSA) is 19.0 Å². The molecule has 0 amide bonds. The second-order valence-corrected chi connectivity index (χ2v) is 4.43. The molecule has 1 aromatic rings. The summed E-state index contributed by atoms with van der Waals surface area (Å²) < 4.78 is 0. The second kappa shape index (κ2) is 3.77. The fourth-order valence-electron chi connectivity index (χ4n) is 2.50. The van der Waals surface area contributed by atoms with Gasteiger partial charge in [0.15, 0.2) is 0 Å². The summed E-state index contributed by atoms with van der Waals surface area (Å²) in [6.45, 7) is 4.58. The van der Waals surface area contributed by atoms with Gasteiger partial charge >= 0.3 is 0 Å². The smallest absolute Gasteiger partial charge is 0.0365 e. The first-order valence-corrected chi connectivity index (χ1v) is 5.62. The minimum atomic E-state index is 0.630. The molecule has 1 N–H and O–H groups in total. The van der Waals surface area contributed by atoms with Crippen molar-refractivity contribution >= 4 is 0 Å². The number of rotatable bonds is 2. The Morgan fingerprint density at radius 3 is 3.07 bits per heavy atom. The number of fused-ring (bicyclic) bond motifs is 1. The number of aromatic amines is 1. The highest BCUT2D eigenvalue weighted by Gasteiger charge is 2.29. The third-order valence-corrected chi connectivity index (χ3v) is 3.48. The van der Waals surface area contributed by atoms with E-state index < -0.39 is 0 Å². The highest BCUT2D eigenvalue weighted by atomic mass is 15.2. The maximum absolute atomic E-state index is 3.37. The molecule has 0 bridgehead atoms. The van der Waals surface area contributed by atoms with Crippen molar-refractivity contribution in [2.24, 2.45) is 0 Å². The Morgan fingerprint density at radius 1 is 1.57 bits per heavy atom. The van der Waals surface area contributed by atoms with Gasteiger partial charge in [-0.2, -0.15) is 0 Å². The summed E-state index contributed by atoms with van der Waals surface area (Å²) in [6.07, 6.45) is 5.77. The van der Waals surface area contributed by atoms with Crippen LogP contribution >= 0.6 is 0 Å². The molecule has 0 saturated carbocycles. The van der Waals surface area contributed by atoms with Crippen LogP contribution in [0.25, 0.3) is 0 Å². The minimum Gasteiger partial charge on any atom is -0.365 e. The summed E-state index contributed by atoms with van der Waals surface area (Å²) in [5.41, 5.74) is 2.97. The normalized spacial score (nSPS) is 27.6. The molecule has 2 atom stereocenters. The number of hydrogen-bond donors (Lipinski definition) is 1. The van der Waals surface area contributed by atoms with Crippen molar-refractivity contribution in [2.45, 2.75) is 45.2 Å². The Labute approximate surface area is 86.3 Å². The number of nitrogens with one attached hydrogen (secondary N) is 1. The molecule has 0 fully saturated rings. The zero-order chi connectivity index (χ0) is 10.1. The molecule has 2 rings (SSSR count). The van der Waals surface area contributed by atoms with E-state index in [1.165, 1.54) is 30.5 Å². The predicted octanol–water partition coefficient (Wildman–Crippen LogP) is 2.73. The number of aromatic nitrogens is 1. The van der Waals surface area contributed by atoms with Crippen molar-refractivity contribution in [1.82, 2.24) is 9.88 Å². The number of likely N-dealkylation sites (N-methyl/N-ethyl adjacent to an activating group) is 1. The van der Waals surface area contributed by atoms with Gasteiger partial charge in [-0.25, -0.2) is 0 Å². The lowest BCUT2D eigenvalue weighted by molar-refractivity contribution is 0.157. The van der Waals surface area contributed by atoms with Gasteiger partial charge in [0.1, 0.15) is 0 Å². The Hall–Kier alpha value is -0.760. The molecule has 0 saturated heterocycles. The van der Waals surface area contributed by atoms with Crippen LogP contribution in [0.3, 0.4) is 0 Å². The molecule has 2 heterocycles. The van der Waals surface area contributed by atoms with E-state index in [1.54, 1.807) is 0 Å². The summed E-state index contributed by atoms with van der Waals surface area (Å²) in [7, 11) is 2.25. The molecule has 0 radical (unpaired) electrons. The van der Waals surface area contributed by atoms with Gasteiger partial charge in [-0.1, -0.05) is 13.3 Å². The van der Waals surface area contributed by atoms with Gasteiger partial charge < -0.3 is 4.98 Å². The summed E-state index contributed by atoms with van der Waals surface area (Å²) in [6, 6.07) is 3.54. The monoisotopic (exact) mass is 192 g/mol. The lowest BCUT2D eigenvalue weighted by Gasteiger charge is -2.37. The largest absolute Gasteiger partial charge is 0.365 e. The van der Waals surface area contributed by atoms with Crippen LogP contribution in [0.5, 0.6) is 0 Å². The molecule has 14 heavy (non-hydrogen) atoms. The molecule has 1 aliphatic heterocycles. The number of hydrogen-bond acceptors (Lipinski definition) is 1. The van der Waals surface area contributed by atoms with Crippen molar-refractivity contribution in [3.63, 3.8) is 0 Å². The molecule has 1 aromatic heterocycles. The first kappa shape index (κ1) is 9.78. The van der Waals surface area contributed by atoms with Crippen molar-refractivity contribution < 1.29 is 0 Å². The number of H-pyrrole nitrogens is 1. The van der Waals surface area contributed by atoms with Crippen LogP contribution in [0.15, 0.2) is 12.3 Å². The molecule has 2 nitrogen and oxygen atoms in total. The third kappa shape index (κ3) is 1.48. The van der Waals surface area contributed by atoms with Crippen LogP contribution in [0, 0.1) is 0 Å². The zero-order valence-electron chi connectivity index (χ0n) is 9.38. The molecule has 78 valence electrons. The quantitative estimate of drug-likeness (QED) is 0.763. The van der Waals surface area contributed by atoms with Gasteiger partial charge in [-0.15, -0.1) is 0 Å². The Balaban J connectivity index is 2.30. The highest BCUT2D eigenvalue weighted by Crippen LogP contribution is 2.33. The van der Waals surface area contributed by atoms with Gasteiger partial charge in [0.25, 0.3) is 0 Å². The van der Waals surface area contributed by atoms with Gasteiger partial charge in [-0.3, -0.25) is 4.90 Å². The van der Waals surface area contributed by atoms with E-state index in [1.807, 2.05) is 0 Å². The molecule has 0 aliphatic carbocycles. The molecule has 2 heteroatoms. The summed E-state index contributed by atoms with van der Waals surface area (Å²) in [4.78, 5) is 5.88. The van der Waals surface area contributed by atoms with Gasteiger partial charge in [-0.05, 0) is 32.0 Å². The van der Waals surface area contributed by atoms with E-state index in [4.69, 9.17) is 0 Å². The van der Waals surface area contributed by atoms with Crippen molar-refractivity contribution in [1.29, 1.82) is 0 Å². The highest BCUT2D eigenvalue weighted by molar-refractivity contribution is 5.28. The van der Waals surface area contributed by atoms with E-state index in [-0.39, 0.29) is 0 Å². The van der Waals surface area contributed by atoms with Crippen LogP contribution in [0.4, 0.5) is 0 Å². The van der Waals surface area contributed by atoms with Crippen LogP contribution in [-0.2, 0) is 6.42 Å². The van der Waals surface area contributed by atoms with Crippen molar-refractivity contribution in [3.8, 4) is 0 Å². The average Bonchev–Trinajstić information content (AvgIpc) is 2.60. The Morgan fingerprint density at radius 2 is 2.36 bits per heavy atom. The van der Waals surface area contributed by atoms with E-state index in [0.29, 0.717) is 12.1 Å². The van der Waals surface area contributed by atoms with E-state index in [0.717, 1.165) is 0 Å². The van der Waals surface area contributed by atoms with Gasteiger partial charge in [0.2, 0.25) is 0 Å². The van der Waals surface area contributed by atoms with E-state index >= 15 is 0 Å². The number of nitrogens with zero attached hydrogens (tertiary/aromatic N) is 1. The van der Waals surface area contributed by atoms with Crippen LogP contribution in [0.1, 0.15) is 44.0 Å². The van der Waals surface area contributed by atoms with Crippen molar-refractivity contribution in [3.05, 3.63) is 23.5 Å². The van der Waals surface area contributed by atoms with Crippen LogP contribution < -0.4 is 0 Å². The summed E-state index contributed by atoms with van der Waals surface area (Å²) in [5.74, 6) is 0. The standard InChI is InChI=1S/C12H20N2/c1-4-5-12-10-6-7-13-11(10)8-9(2)14(12)3/h6-7,9,12-13H,4-5,8H2,1-3H3/t9-,12+/m0/s1. The maximum Gasteiger partial charge on any atom is 0.0365 e. The predicted molar refractivity (Wildman–Crippen MR) is 59.4 cm³/mol. The molecular weight excluding hydrogens is 172 g/mol. The Kier molecular flexibility index (Phi) is 2.64. The molecule has 0 aromatic carbocycles. The van der Waals surface area contributed by atoms with Crippen molar-refractivity contribution in [2.75, 3.05) is 7.05 Å². The second-order valence-electron chi connectivity index (χ2n) is 4.43. The summed E-state index contributed by atoms with van der Waals surface area (Å²) >= 11 is 0. The molecular formula is C12H20N2. The SMILES string of the molecule is CCC[C@@H]1c2cc[nH]c2C[C@H](C)N1C. The lowest BCUT2D eigenvalue weighted by atomic mass is 9.92. The Bertz CT molecular complexity index is 303. The van der Waals surface area contributed by atoms with Gasteiger partial charge in [0.05, 0.1) is 0 Å². The molecule has 0 unspecified atom stereocenters. The lowest BCUT2D eigenvalue weighted by Crippen LogP contribution is -2.38. The van der Waals surface area contributed by atoms with Gasteiger partial charge in [0, 0.05) is 30.4 Å². The minimum absolute atomic E-state index is 0.630. The van der Waals surface area contributed by atoms with E-state index in [9.17, 15) is 0 Å². The summed E-state index contributed by atoms with van der Waals surface area (Å²) in [5, 5.41) is 0. The first-order valence-electron chi connectivity index (χ1n) is 5.62. The first-order chi connectivity index (χ1) is 6.74. The molecule has 0 spiro atoms. The zero-order valence-corrected chi connectivity index (χ0v) is 9.38. The average molecular weight is 192 g/mol. The molecule has 1 aliphatic rings. The van der Waals surface area contributed by atoms with Crippen LogP contribution in [-0.4, -0.2) is 23.0 Å². The fraction of sp³-hybridized carbons (Fsp3) is 0.667. The van der Waals surface area contributed by atoms with Crippen LogP contribution in [0.2, 0.25) is 0 Å².